The van der Waals surface area contributed by atoms with E-state index in [1.54, 1.807) is 15.6 Å². The highest BCUT2D eigenvalue weighted by atomic mass is 19.1. The number of aliphatic hydroxyl groups is 1. The molecule has 3 aromatic heterocycles. The number of fused-ring (bicyclic) bond motifs is 2. The van der Waals surface area contributed by atoms with Gasteiger partial charge in [0, 0.05) is 61.8 Å². The molecule has 10 heteroatoms. The number of hydrogen-bond donors (Lipinski definition) is 2. The van der Waals surface area contributed by atoms with E-state index in [2.05, 4.69) is 33.7 Å². The number of halogens is 1. The average Bonchev–Trinajstić information content (AvgIpc) is 3.76. The molecule has 5 heterocycles. The molecule has 0 bridgehead atoms. The van der Waals surface area contributed by atoms with E-state index in [1.165, 1.54) is 30.0 Å². The Kier molecular flexibility index (Phi) is 8.27. The predicted molar refractivity (Wildman–Crippen MR) is 183 cm³/mol. The number of aryl methyl sites for hydroxylation is 1. The number of aliphatic hydroxyl groups excluding tert-OH is 1. The molecule has 2 amide bonds. The van der Waals surface area contributed by atoms with Gasteiger partial charge in [-0.1, -0.05) is 18.2 Å². The zero-order valence-electron chi connectivity index (χ0n) is 27.9. The van der Waals surface area contributed by atoms with Gasteiger partial charge < -0.3 is 25.2 Å². The van der Waals surface area contributed by atoms with Crippen LogP contribution in [-0.4, -0.2) is 79.2 Å². The highest BCUT2D eigenvalue weighted by Gasteiger charge is 2.33. The fraction of sp³-hybridized carbons (Fsp3) is 0.553. The van der Waals surface area contributed by atoms with Crippen molar-refractivity contribution in [2.45, 2.75) is 95.7 Å². The van der Waals surface area contributed by atoms with Gasteiger partial charge in [-0.25, -0.2) is 8.91 Å². The number of pyridine rings is 1. The van der Waals surface area contributed by atoms with Crippen molar-refractivity contribution in [1.82, 2.24) is 24.0 Å². The van der Waals surface area contributed by atoms with Gasteiger partial charge in [0.1, 0.15) is 17.0 Å². The number of nitrogens with zero attached hydrogens (tertiary/aromatic N) is 5. The Morgan fingerprint density at radius 2 is 1.73 bits per heavy atom. The molecule has 3 N–H and O–H groups in total. The number of benzene rings is 1. The van der Waals surface area contributed by atoms with Crippen molar-refractivity contribution in [2.75, 3.05) is 26.2 Å². The number of aromatic nitrogens is 3. The quantitative estimate of drug-likeness (QED) is 0.280. The maximum atomic E-state index is 15.8. The van der Waals surface area contributed by atoms with E-state index in [9.17, 15) is 14.7 Å². The van der Waals surface area contributed by atoms with Crippen molar-refractivity contribution in [3.63, 3.8) is 0 Å². The van der Waals surface area contributed by atoms with Crippen LogP contribution in [0.3, 0.4) is 0 Å². The van der Waals surface area contributed by atoms with Crippen LogP contribution in [0.15, 0.2) is 36.5 Å². The number of carbonyl (C=O) groups excluding carboxylic acids is 2. The normalized spacial score (nSPS) is 24.1. The van der Waals surface area contributed by atoms with Gasteiger partial charge >= 0.3 is 0 Å². The number of amides is 2. The maximum absolute atomic E-state index is 15.8. The average molecular weight is 655 g/mol. The van der Waals surface area contributed by atoms with E-state index in [1.807, 2.05) is 6.92 Å². The van der Waals surface area contributed by atoms with Gasteiger partial charge in [0.05, 0.1) is 22.9 Å². The number of carbonyl (C=O) groups is 2. The summed E-state index contributed by atoms with van der Waals surface area (Å²) in [7, 11) is 0. The first kappa shape index (κ1) is 31.5. The Hall–Kier alpha value is -3.76. The lowest BCUT2D eigenvalue weighted by molar-refractivity contribution is -0.138. The molecular formula is C38H47FN6O3. The van der Waals surface area contributed by atoms with Crippen LogP contribution in [0.2, 0.25) is 0 Å². The third kappa shape index (κ3) is 5.81. The SMILES string of the molecule is Cc1c(-c2cc3cccc(C4CCN(C(=O)[C@H]5CC[C@H](O)CC5)CC4)c3n2CC2CC2)nn2cc(C(=O)N3CCC[C@@H](N)C3)cc(F)c12. The van der Waals surface area contributed by atoms with Crippen LogP contribution in [0.5, 0.6) is 0 Å². The molecule has 2 saturated heterocycles. The molecular weight excluding hydrogens is 607 g/mol. The number of rotatable bonds is 6. The summed E-state index contributed by atoms with van der Waals surface area (Å²) < 4.78 is 19.8. The molecule has 0 unspecified atom stereocenters. The summed E-state index contributed by atoms with van der Waals surface area (Å²) in [6.07, 6.45) is 10.4. The van der Waals surface area contributed by atoms with E-state index >= 15 is 4.39 Å². The van der Waals surface area contributed by atoms with Gasteiger partial charge in [0.2, 0.25) is 5.91 Å². The fourth-order valence-electron chi connectivity index (χ4n) is 8.63. The minimum absolute atomic E-state index is 0.0440. The van der Waals surface area contributed by atoms with Crippen LogP contribution in [0.4, 0.5) is 4.39 Å². The van der Waals surface area contributed by atoms with Gasteiger partial charge in [-0.3, -0.25) is 9.59 Å². The molecule has 1 atom stereocenters. The second-order valence-corrected chi connectivity index (χ2v) is 15.0. The summed E-state index contributed by atoms with van der Waals surface area (Å²) in [6.45, 7) is 5.42. The van der Waals surface area contributed by atoms with Crippen LogP contribution in [0.25, 0.3) is 27.8 Å². The molecule has 4 aromatic rings. The molecule has 2 aliphatic heterocycles. The fourth-order valence-corrected chi connectivity index (χ4v) is 8.63. The van der Waals surface area contributed by atoms with Gasteiger partial charge in [0.25, 0.3) is 5.91 Å². The van der Waals surface area contributed by atoms with Crippen molar-refractivity contribution < 1.29 is 19.1 Å². The monoisotopic (exact) mass is 654 g/mol. The Balaban J connectivity index is 1.11. The first-order valence-corrected chi connectivity index (χ1v) is 18.1. The maximum Gasteiger partial charge on any atom is 0.255 e. The van der Waals surface area contributed by atoms with Gasteiger partial charge in [-0.05, 0) is 101 Å². The van der Waals surface area contributed by atoms with Crippen LogP contribution in [0, 0.1) is 24.6 Å². The first-order valence-electron chi connectivity index (χ1n) is 18.1. The standard InChI is InChI=1S/C38H47FN6O3/c1-23-34(41-45-21-28(18-32(39)35(23)45)38(48)43-15-3-5-29(40)22-43)33-19-27-4-2-6-31(36(27)44(33)20-24-7-8-24)25-13-16-42(17-14-25)37(47)26-9-11-30(46)12-10-26/h2,4,6,18-19,21,24-26,29-30,46H,3,5,7-17,20,22,40H2,1H3/t26-,29-,30-/m1/s1. The third-order valence-electron chi connectivity index (χ3n) is 11.5. The highest BCUT2D eigenvalue weighted by molar-refractivity contribution is 5.95. The molecule has 48 heavy (non-hydrogen) atoms. The zero-order chi connectivity index (χ0) is 33.1. The zero-order valence-corrected chi connectivity index (χ0v) is 27.9. The number of para-hydroxylation sites is 1. The summed E-state index contributed by atoms with van der Waals surface area (Å²) >= 11 is 0. The molecule has 4 aliphatic rings. The van der Waals surface area contributed by atoms with E-state index in [4.69, 9.17) is 10.8 Å². The van der Waals surface area contributed by atoms with Gasteiger partial charge in [0.15, 0.2) is 0 Å². The molecule has 8 rings (SSSR count). The summed E-state index contributed by atoms with van der Waals surface area (Å²) in [5.74, 6) is 0.588. The minimum Gasteiger partial charge on any atom is -0.393 e. The summed E-state index contributed by atoms with van der Waals surface area (Å²) in [5.41, 5.74) is 11.8. The van der Waals surface area contributed by atoms with E-state index < -0.39 is 5.82 Å². The predicted octanol–water partition coefficient (Wildman–Crippen LogP) is 5.63. The van der Waals surface area contributed by atoms with E-state index in [0.29, 0.717) is 30.4 Å². The lowest BCUT2D eigenvalue weighted by Crippen LogP contribution is -2.45. The van der Waals surface area contributed by atoms with Gasteiger partial charge in [-0.2, -0.15) is 5.10 Å². The van der Waals surface area contributed by atoms with Crippen molar-refractivity contribution >= 4 is 28.2 Å². The number of piperidine rings is 2. The van der Waals surface area contributed by atoms with Crippen molar-refractivity contribution in [3.05, 3.63) is 59.0 Å². The molecule has 2 aliphatic carbocycles. The summed E-state index contributed by atoms with van der Waals surface area (Å²) in [5, 5.41) is 16.0. The third-order valence-corrected chi connectivity index (χ3v) is 11.5. The van der Waals surface area contributed by atoms with E-state index in [0.717, 1.165) is 93.3 Å². The Labute approximate surface area is 280 Å². The van der Waals surface area contributed by atoms with Crippen LogP contribution < -0.4 is 5.73 Å². The van der Waals surface area contributed by atoms with Crippen LogP contribution in [0.1, 0.15) is 91.6 Å². The summed E-state index contributed by atoms with van der Waals surface area (Å²) in [4.78, 5) is 30.5. The van der Waals surface area contributed by atoms with Crippen LogP contribution in [-0.2, 0) is 11.3 Å². The number of hydrogen-bond acceptors (Lipinski definition) is 5. The Bertz CT molecular complexity index is 1860. The smallest absolute Gasteiger partial charge is 0.255 e. The van der Waals surface area contributed by atoms with Crippen molar-refractivity contribution in [2.24, 2.45) is 17.6 Å². The topological polar surface area (TPSA) is 109 Å². The lowest BCUT2D eigenvalue weighted by Gasteiger charge is -2.36. The highest BCUT2D eigenvalue weighted by Crippen LogP contribution is 2.41. The molecule has 0 spiro atoms. The molecule has 1 aromatic carbocycles. The Morgan fingerprint density at radius 3 is 2.46 bits per heavy atom. The molecule has 2 saturated carbocycles. The first-order chi connectivity index (χ1) is 23.2. The lowest BCUT2D eigenvalue weighted by atomic mass is 9.84. The second-order valence-electron chi connectivity index (χ2n) is 15.0. The Morgan fingerprint density at radius 1 is 0.958 bits per heavy atom. The van der Waals surface area contributed by atoms with Crippen molar-refractivity contribution in [1.29, 1.82) is 0 Å². The second kappa shape index (κ2) is 12.6. The van der Waals surface area contributed by atoms with E-state index in [-0.39, 0.29) is 35.4 Å². The largest absolute Gasteiger partial charge is 0.393 e. The number of likely N-dealkylation sites (tertiary alicyclic amines) is 2. The molecule has 4 fully saturated rings. The minimum atomic E-state index is -0.449. The van der Waals surface area contributed by atoms with Crippen molar-refractivity contribution in [3.8, 4) is 11.4 Å². The van der Waals surface area contributed by atoms with Gasteiger partial charge in [-0.15, -0.1) is 0 Å². The molecule has 254 valence electrons. The summed E-state index contributed by atoms with van der Waals surface area (Å²) in [6, 6.07) is 10.0. The molecule has 9 nitrogen and oxygen atoms in total. The molecule has 0 radical (unpaired) electrons. The number of nitrogens with two attached hydrogens (primary N) is 1. The van der Waals surface area contributed by atoms with Crippen LogP contribution >= 0.6 is 0 Å².